The Kier molecular flexibility index (Phi) is 4.62. The van der Waals surface area contributed by atoms with Crippen LogP contribution >= 0.6 is 0 Å². The highest BCUT2D eigenvalue weighted by molar-refractivity contribution is 4.99. The SMILES string of the molecule is CC(C)N(CCCO)Cc1cnoc1. The molecule has 1 heterocycles. The molecule has 0 aliphatic rings. The molecule has 80 valence electrons. The first-order chi connectivity index (χ1) is 6.74. The summed E-state index contributed by atoms with van der Waals surface area (Å²) in [4.78, 5) is 2.28. The van der Waals surface area contributed by atoms with Gasteiger partial charge in [-0.05, 0) is 20.3 Å². The van der Waals surface area contributed by atoms with Crippen molar-refractivity contribution in [3.8, 4) is 0 Å². The van der Waals surface area contributed by atoms with Crippen molar-refractivity contribution in [2.24, 2.45) is 0 Å². The van der Waals surface area contributed by atoms with Crippen molar-refractivity contribution >= 4 is 0 Å². The summed E-state index contributed by atoms with van der Waals surface area (Å²) in [5, 5.41) is 12.4. The number of hydrogen-bond acceptors (Lipinski definition) is 4. The molecule has 1 N–H and O–H groups in total. The Morgan fingerprint density at radius 2 is 2.36 bits per heavy atom. The summed E-state index contributed by atoms with van der Waals surface area (Å²) in [5.74, 6) is 0. The summed E-state index contributed by atoms with van der Waals surface area (Å²) in [6.45, 7) is 6.27. The van der Waals surface area contributed by atoms with Crippen molar-refractivity contribution in [1.82, 2.24) is 10.1 Å². The van der Waals surface area contributed by atoms with Crippen LogP contribution in [0.15, 0.2) is 17.0 Å². The first kappa shape index (κ1) is 11.2. The monoisotopic (exact) mass is 198 g/mol. The molecule has 0 aromatic carbocycles. The van der Waals surface area contributed by atoms with E-state index in [4.69, 9.17) is 9.63 Å². The number of aromatic nitrogens is 1. The minimum atomic E-state index is 0.243. The molecule has 0 fully saturated rings. The Morgan fingerprint density at radius 3 is 2.86 bits per heavy atom. The summed E-state index contributed by atoms with van der Waals surface area (Å²) < 4.78 is 4.77. The molecule has 14 heavy (non-hydrogen) atoms. The van der Waals surface area contributed by atoms with Gasteiger partial charge in [-0.2, -0.15) is 0 Å². The fraction of sp³-hybridized carbons (Fsp3) is 0.700. The molecule has 4 nitrogen and oxygen atoms in total. The number of rotatable bonds is 6. The van der Waals surface area contributed by atoms with Crippen molar-refractivity contribution in [3.05, 3.63) is 18.0 Å². The van der Waals surface area contributed by atoms with E-state index in [1.165, 1.54) is 0 Å². The second-order valence-corrected chi connectivity index (χ2v) is 3.67. The third kappa shape index (κ3) is 3.47. The average molecular weight is 198 g/mol. The van der Waals surface area contributed by atoms with Crippen LogP contribution in [0, 0.1) is 0 Å². The molecule has 0 aliphatic carbocycles. The van der Waals surface area contributed by atoms with Crippen molar-refractivity contribution in [1.29, 1.82) is 0 Å². The fourth-order valence-corrected chi connectivity index (χ4v) is 1.33. The molecule has 0 saturated heterocycles. The van der Waals surface area contributed by atoms with Crippen LogP contribution in [0.2, 0.25) is 0 Å². The molecule has 0 bridgehead atoms. The molecule has 1 rings (SSSR count). The van der Waals surface area contributed by atoms with Gasteiger partial charge in [0.25, 0.3) is 0 Å². The zero-order valence-electron chi connectivity index (χ0n) is 8.81. The molecule has 0 atom stereocenters. The van der Waals surface area contributed by atoms with Crippen LogP contribution in [-0.2, 0) is 6.54 Å². The van der Waals surface area contributed by atoms with E-state index in [9.17, 15) is 0 Å². The van der Waals surface area contributed by atoms with Gasteiger partial charge < -0.3 is 9.63 Å². The van der Waals surface area contributed by atoms with Crippen LogP contribution < -0.4 is 0 Å². The minimum Gasteiger partial charge on any atom is -0.396 e. The van der Waals surface area contributed by atoms with Crippen molar-refractivity contribution in [3.63, 3.8) is 0 Å². The molecule has 0 aliphatic heterocycles. The van der Waals surface area contributed by atoms with Crippen molar-refractivity contribution in [2.75, 3.05) is 13.2 Å². The summed E-state index contributed by atoms with van der Waals surface area (Å²) in [6.07, 6.45) is 4.20. The topological polar surface area (TPSA) is 49.5 Å². The third-order valence-corrected chi connectivity index (χ3v) is 2.20. The Hall–Kier alpha value is -0.870. The molecular formula is C10H18N2O2. The van der Waals surface area contributed by atoms with E-state index in [0.717, 1.165) is 25.1 Å². The van der Waals surface area contributed by atoms with Gasteiger partial charge in [0.1, 0.15) is 6.26 Å². The maximum Gasteiger partial charge on any atom is 0.128 e. The minimum absolute atomic E-state index is 0.243. The summed E-state index contributed by atoms with van der Waals surface area (Å²) >= 11 is 0. The van der Waals surface area contributed by atoms with Crippen molar-refractivity contribution < 1.29 is 9.63 Å². The van der Waals surface area contributed by atoms with Gasteiger partial charge in [0.15, 0.2) is 0 Å². The lowest BCUT2D eigenvalue weighted by molar-refractivity contribution is 0.184. The highest BCUT2D eigenvalue weighted by atomic mass is 16.5. The number of nitrogens with zero attached hydrogens (tertiary/aromatic N) is 2. The average Bonchev–Trinajstić information content (AvgIpc) is 2.64. The van der Waals surface area contributed by atoms with Gasteiger partial charge in [0.2, 0.25) is 0 Å². The molecule has 4 heteroatoms. The molecule has 0 radical (unpaired) electrons. The Morgan fingerprint density at radius 1 is 1.57 bits per heavy atom. The molecule has 0 unspecified atom stereocenters. The predicted molar refractivity (Wildman–Crippen MR) is 53.8 cm³/mol. The summed E-state index contributed by atoms with van der Waals surface area (Å²) in [5.41, 5.74) is 1.08. The van der Waals surface area contributed by atoms with Gasteiger partial charge in [-0.3, -0.25) is 4.90 Å². The molecule has 0 spiro atoms. The van der Waals surface area contributed by atoms with Crippen LogP contribution in [0.25, 0.3) is 0 Å². The zero-order chi connectivity index (χ0) is 10.4. The maximum absolute atomic E-state index is 8.77. The molecule has 1 aromatic heterocycles. The second kappa shape index (κ2) is 5.78. The number of hydrogen-bond donors (Lipinski definition) is 1. The highest BCUT2D eigenvalue weighted by Crippen LogP contribution is 2.07. The Bertz CT molecular complexity index is 234. The fourth-order valence-electron chi connectivity index (χ4n) is 1.33. The first-order valence-corrected chi connectivity index (χ1v) is 4.97. The van der Waals surface area contributed by atoms with E-state index in [0.29, 0.717) is 6.04 Å². The van der Waals surface area contributed by atoms with Gasteiger partial charge >= 0.3 is 0 Å². The lowest BCUT2D eigenvalue weighted by Gasteiger charge is -2.25. The van der Waals surface area contributed by atoms with Gasteiger partial charge in [0, 0.05) is 31.3 Å². The second-order valence-electron chi connectivity index (χ2n) is 3.67. The molecular weight excluding hydrogens is 180 g/mol. The zero-order valence-corrected chi connectivity index (χ0v) is 8.81. The van der Waals surface area contributed by atoms with Gasteiger partial charge in [-0.15, -0.1) is 0 Å². The first-order valence-electron chi connectivity index (χ1n) is 4.97. The van der Waals surface area contributed by atoms with Gasteiger partial charge in [0.05, 0.1) is 6.20 Å². The van der Waals surface area contributed by atoms with Crippen molar-refractivity contribution in [2.45, 2.75) is 32.9 Å². The quantitative estimate of drug-likeness (QED) is 0.747. The van der Waals surface area contributed by atoms with Crippen LogP contribution in [-0.4, -0.2) is 34.4 Å². The highest BCUT2D eigenvalue weighted by Gasteiger charge is 2.10. The van der Waals surface area contributed by atoms with Crippen LogP contribution in [0.3, 0.4) is 0 Å². The smallest absolute Gasteiger partial charge is 0.128 e. The predicted octanol–water partition coefficient (Wildman–Crippen LogP) is 1.27. The summed E-state index contributed by atoms with van der Waals surface area (Å²) in [7, 11) is 0. The van der Waals surface area contributed by atoms with Crippen LogP contribution in [0.5, 0.6) is 0 Å². The Balaban J connectivity index is 2.43. The normalized spacial score (nSPS) is 11.5. The van der Waals surface area contributed by atoms with E-state index < -0.39 is 0 Å². The standard InChI is InChI=1S/C10H18N2O2/c1-9(2)12(4-3-5-13)7-10-6-11-14-8-10/h6,8-9,13H,3-5,7H2,1-2H3. The lowest BCUT2D eigenvalue weighted by atomic mass is 10.2. The maximum atomic E-state index is 8.77. The molecule has 0 amide bonds. The number of aliphatic hydroxyl groups excluding tert-OH is 1. The van der Waals surface area contributed by atoms with E-state index in [1.807, 2.05) is 0 Å². The lowest BCUT2D eigenvalue weighted by Crippen LogP contribution is -2.31. The molecule has 0 saturated carbocycles. The number of aliphatic hydroxyl groups is 1. The van der Waals surface area contributed by atoms with Gasteiger partial charge in [-0.1, -0.05) is 5.16 Å². The largest absolute Gasteiger partial charge is 0.396 e. The van der Waals surface area contributed by atoms with E-state index in [2.05, 4.69) is 23.9 Å². The molecule has 1 aromatic rings. The van der Waals surface area contributed by atoms with E-state index >= 15 is 0 Å². The van der Waals surface area contributed by atoms with Gasteiger partial charge in [-0.25, -0.2) is 0 Å². The van der Waals surface area contributed by atoms with E-state index in [1.54, 1.807) is 12.5 Å². The van der Waals surface area contributed by atoms with E-state index in [-0.39, 0.29) is 6.61 Å². The van der Waals surface area contributed by atoms with Crippen LogP contribution in [0.1, 0.15) is 25.8 Å². The Labute approximate surface area is 84.5 Å². The summed E-state index contributed by atoms with van der Waals surface area (Å²) in [6, 6.07) is 0.469. The van der Waals surface area contributed by atoms with Crippen LogP contribution in [0.4, 0.5) is 0 Å². The third-order valence-electron chi connectivity index (χ3n) is 2.20.